The molecule has 2 rings (SSSR count). The monoisotopic (exact) mass is 229 g/mol. The molecule has 0 spiro atoms. The number of nitriles is 1. The molecule has 0 aromatic heterocycles. The van der Waals surface area contributed by atoms with Crippen molar-refractivity contribution in [1.29, 1.82) is 5.26 Å². The quantitative estimate of drug-likeness (QED) is 0.832. The van der Waals surface area contributed by atoms with Crippen LogP contribution in [0.1, 0.15) is 36.8 Å². The Labute approximate surface area is 103 Å². The molecule has 0 amide bonds. The largest absolute Gasteiger partial charge is 0.328 e. The summed E-state index contributed by atoms with van der Waals surface area (Å²) in [6.07, 6.45) is 4.51. The van der Waals surface area contributed by atoms with Crippen LogP contribution in [0.2, 0.25) is 0 Å². The Balaban J connectivity index is 1.88. The van der Waals surface area contributed by atoms with Gasteiger partial charge in [0.15, 0.2) is 0 Å². The molecule has 90 valence electrons. The van der Waals surface area contributed by atoms with Crippen molar-refractivity contribution in [3.8, 4) is 6.07 Å². The molecule has 0 aliphatic heterocycles. The third kappa shape index (κ3) is 3.29. The molecule has 1 saturated carbocycles. The number of nitrogens with one attached hydrogen (secondary N) is 1. The number of hydrogen-bond acceptors (Lipinski definition) is 3. The molecule has 0 unspecified atom stereocenters. The van der Waals surface area contributed by atoms with E-state index in [9.17, 15) is 0 Å². The van der Waals surface area contributed by atoms with E-state index < -0.39 is 0 Å². The highest BCUT2D eigenvalue weighted by atomic mass is 14.9. The lowest BCUT2D eigenvalue weighted by Crippen LogP contribution is -2.37. The van der Waals surface area contributed by atoms with Gasteiger partial charge in [-0.3, -0.25) is 0 Å². The zero-order valence-electron chi connectivity index (χ0n) is 10.0. The predicted molar refractivity (Wildman–Crippen MR) is 68.2 cm³/mol. The van der Waals surface area contributed by atoms with Crippen LogP contribution in [0.25, 0.3) is 0 Å². The second-order valence-electron chi connectivity index (χ2n) is 4.76. The van der Waals surface area contributed by atoms with Crippen molar-refractivity contribution in [3.05, 3.63) is 35.4 Å². The van der Waals surface area contributed by atoms with Crippen LogP contribution in [0.4, 0.5) is 0 Å². The van der Waals surface area contributed by atoms with Crippen molar-refractivity contribution in [1.82, 2.24) is 5.32 Å². The molecule has 1 aliphatic carbocycles. The fourth-order valence-electron chi connectivity index (χ4n) is 2.36. The molecule has 0 saturated heterocycles. The first-order valence-corrected chi connectivity index (χ1v) is 6.26. The van der Waals surface area contributed by atoms with Crippen LogP contribution in [0.15, 0.2) is 24.3 Å². The molecule has 0 atom stereocenters. The van der Waals surface area contributed by atoms with Gasteiger partial charge in [0.25, 0.3) is 0 Å². The summed E-state index contributed by atoms with van der Waals surface area (Å²) in [6.45, 7) is 0.781. The highest BCUT2D eigenvalue weighted by Crippen LogP contribution is 2.17. The van der Waals surface area contributed by atoms with Crippen molar-refractivity contribution in [2.24, 2.45) is 5.73 Å². The fourth-order valence-corrected chi connectivity index (χ4v) is 2.36. The van der Waals surface area contributed by atoms with Crippen LogP contribution in [0.5, 0.6) is 0 Å². The van der Waals surface area contributed by atoms with Gasteiger partial charge in [0.2, 0.25) is 0 Å². The van der Waals surface area contributed by atoms with Crippen LogP contribution in [0.3, 0.4) is 0 Å². The first-order valence-electron chi connectivity index (χ1n) is 6.26. The standard InChI is InChI=1S/C14H19N3/c15-9-11-3-1-2-4-12(11)10-17-14-7-5-13(16)6-8-14/h1-4,13-14,17H,5-8,10,16H2. The zero-order valence-corrected chi connectivity index (χ0v) is 10.0. The Morgan fingerprint density at radius 2 is 1.94 bits per heavy atom. The summed E-state index contributed by atoms with van der Waals surface area (Å²) in [5, 5.41) is 12.5. The summed E-state index contributed by atoms with van der Waals surface area (Å²) < 4.78 is 0. The summed E-state index contributed by atoms with van der Waals surface area (Å²) in [4.78, 5) is 0. The van der Waals surface area contributed by atoms with Gasteiger partial charge in [-0.25, -0.2) is 0 Å². The molecule has 0 bridgehead atoms. The Kier molecular flexibility index (Phi) is 4.13. The molecule has 0 heterocycles. The van der Waals surface area contributed by atoms with E-state index in [2.05, 4.69) is 11.4 Å². The maximum atomic E-state index is 9.00. The molecule has 1 aromatic carbocycles. The van der Waals surface area contributed by atoms with Crippen molar-refractivity contribution in [3.63, 3.8) is 0 Å². The highest BCUT2D eigenvalue weighted by Gasteiger charge is 2.17. The van der Waals surface area contributed by atoms with Crippen molar-refractivity contribution in [2.75, 3.05) is 0 Å². The van der Waals surface area contributed by atoms with E-state index >= 15 is 0 Å². The lowest BCUT2D eigenvalue weighted by molar-refractivity contribution is 0.342. The lowest BCUT2D eigenvalue weighted by Gasteiger charge is -2.27. The van der Waals surface area contributed by atoms with Gasteiger partial charge in [0.1, 0.15) is 0 Å². The molecule has 1 fully saturated rings. The fraction of sp³-hybridized carbons (Fsp3) is 0.500. The summed E-state index contributed by atoms with van der Waals surface area (Å²) in [6, 6.07) is 10.9. The Hall–Kier alpha value is -1.37. The van der Waals surface area contributed by atoms with E-state index in [1.807, 2.05) is 24.3 Å². The maximum absolute atomic E-state index is 9.00. The first-order chi connectivity index (χ1) is 8.29. The van der Waals surface area contributed by atoms with E-state index in [0.29, 0.717) is 12.1 Å². The summed E-state index contributed by atoms with van der Waals surface area (Å²) in [5.74, 6) is 0. The van der Waals surface area contributed by atoms with Gasteiger partial charge in [0, 0.05) is 18.6 Å². The van der Waals surface area contributed by atoms with E-state index in [-0.39, 0.29) is 0 Å². The number of nitrogens with two attached hydrogens (primary N) is 1. The third-order valence-electron chi connectivity index (χ3n) is 3.49. The molecule has 3 N–H and O–H groups in total. The van der Waals surface area contributed by atoms with Gasteiger partial charge in [-0.15, -0.1) is 0 Å². The normalized spacial score (nSPS) is 24.2. The van der Waals surface area contributed by atoms with Crippen molar-refractivity contribution < 1.29 is 0 Å². The average Bonchev–Trinajstić information content (AvgIpc) is 2.38. The van der Waals surface area contributed by atoms with Crippen molar-refractivity contribution in [2.45, 2.75) is 44.3 Å². The van der Waals surface area contributed by atoms with Gasteiger partial charge in [-0.1, -0.05) is 18.2 Å². The van der Waals surface area contributed by atoms with Crippen LogP contribution in [-0.2, 0) is 6.54 Å². The van der Waals surface area contributed by atoms with Crippen LogP contribution >= 0.6 is 0 Å². The average molecular weight is 229 g/mol. The molecule has 1 aromatic rings. The minimum Gasteiger partial charge on any atom is -0.328 e. The zero-order chi connectivity index (χ0) is 12.1. The van der Waals surface area contributed by atoms with Gasteiger partial charge in [-0.2, -0.15) is 5.26 Å². The maximum Gasteiger partial charge on any atom is 0.0995 e. The third-order valence-corrected chi connectivity index (χ3v) is 3.49. The Morgan fingerprint density at radius 3 is 2.65 bits per heavy atom. The molecular weight excluding hydrogens is 210 g/mol. The minimum absolute atomic E-state index is 0.388. The van der Waals surface area contributed by atoms with Gasteiger partial charge in [-0.05, 0) is 37.3 Å². The van der Waals surface area contributed by atoms with Crippen LogP contribution in [-0.4, -0.2) is 12.1 Å². The second-order valence-corrected chi connectivity index (χ2v) is 4.76. The molecule has 3 nitrogen and oxygen atoms in total. The smallest absolute Gasteiger partial charge is 0.0995 e. The highest BCUT2D eigenvalue weighted by molar-refractivity contribution is 5.37. The number of rotatable bonds is 3. The van der Waals surface area contributed by atoms with Gasteiger partial charge >= 0.3 is 0 Å². The summed E-state index contributed by atoms with van der Waals surface area (Å²) >= 11 is 0. The van der Waals surface area contributed by atoms with Crippen LogP contribution in [0, 0.1) is 11.3 Å². The Bertz CT molecular complexity index is 400. The van der Waals surface area contributed by atoms with E-state index in [1.54, 1.807) is 0 Å². The van der Waals surface area contributed by atoms with Gasteiger partial charge < -0.3 is 11.1 Å². The summed E-state index contributed by atoms with van der Waals surface area (Å²) in [5.41, 5.74) is 7.74. The van der Waals surface area contributed by atoms with E-state index in [1.165, 1.54) is 0 Å². The Morgan fingerprint density at radius 1 is 1.24 bits per heavy atom. The van der Waals surface area contributed by atoms with Crippen molar-refractivity contribution >= 4 is 0 Å². The molecular formula is C14H19N3. The molecule has 0 radical (unpaired) electrons. The molecule has 1 aliphatic rings. The number of nitrogens with zero attached hydrogens (tertiary/aromatic N) is 1. The number of benzene rings is 1. The van der Waals surface area contributed by atoms with E-state index in [4.69, 9.17) is 11.0 Å². The lowest BCUT2D eigenvalue weighted by atomic mass is 9.91. The first kappa shape index (κ1) is 12.1. The SMILES string of the molecule is N#Cc1ccccc1CNC1CCC(N)CC1. The predicted octanol–water partition coefficient (Wildman–Crippen LogP) is 1.92. The van der Waals surface area contributed by atoms with E-state index in [0.717, 1.165) is 43.4 Å². The molecule has 17 heavy (non-hydrogen) atoms. The number of hydrogen-bond donors (Lipinski definition) is 2. The minimum atomic E-state index is 0.388. The van der Waals surface area contributed by atoms with Gasteiger partial charge in [0.05, 0.1) is 11.6 Å². The second kappa shape index (κ2) is 5.81. The van der Waals surface area contributed by atoms with Crippen LogP contribution < -0.4 is 11.1 Å². The topological polar surface area (TPSA) is 61.8 Å². The summed E-state index contributed by atoms with van der Waals surface area (Å²) in [7, 11) is 0. The molecule has 3 heteroatoms.